The largest absolute Gasteiger partial charge is 0.418 e. The Morgan fingerprint density at radius 1 is 1.03 bits per heavy atom. The van der Waals surface area contributed by atoms with Gasteiger partial charge in [-0.1, -0.05) is 30.3 Å². The maximum absolute atomic E-state index is 13.7. The molecule has 3 aliphatic heterocycles. The quantitative estimate of drug-likeness (QED) is 0.663. The first-order valence-electron chi connectivity index (χ1n) is 10.4. The molecule has 5 rings (SSSR count). The van der Waals surface area contributed by atoms with Crippen LogP contribution in [-0.2, 0) is 26.1 Å². The number of nitrogens with zero attached hydrogens (tertiary/aromatic N) is 1. The highest BCUT2D eigenvalue weighted by atomic mass is 32.2. The molecule has 2 aromatic carbocycles. The van der Waals surface area contributed by atoms with Gasteiger partial charge in [-0.05, 0) is 36.6 Å². The third-order valence-corrected chi connectivity index (χ3v) is 7.35. The van der Waals surface area contributed by atoms with Crippen LogP contribution in [0.4, 0.5) is 24.5 Å². The van der Waals surface area contributed by atoms with Gasteiger partial charge in [-0.15, -0.1) is 0 Å². The fourth-order valence-electron chi connectivity index (χ4n) is 5.40. The molecule has 172 valence electrons. The third-order valence-electron chi connectivity index (χ3n) is 6.71. The standard InChI is InChI=1S/C23H20F3N3O3S/c1-33-11-10-15-17-18(22(28-15)12-6-2-4-8-14(12)27-21(22)32)20(31)29(19(17)30)16-9-5-3-7-13(16)23(24,25)26/h2-9,15,17-18,28H,10-11H2,1H3,(H,27,32)/t15-,17-,18+,22-/m0/s1. The van der Waals surface area contributed by atoms with Gasteiger partial charge in [0.1, 0.15) is 5.54 Å². The minimum atomic E-state index is -4.75. The van der Waals surface area contributed by atoms with Crippen molar-refractivity contribution in [2.24, 2.45) is 11.8 Å². The number of thioether (sulfide) groups is 1. The molecule has 3 aliphatic rings. The van der Waals surface area contributed by atoms with Crippen molar-refractivity contribution >= 4 is 40.9 Å². The minimum Gasteiger partial charge on any atom is -0.324 e. The average Bonchev–Trinajstić information content (AvgIpc) is 3.36. The summed E-state index contributed by atoms with van der Waals surface area (Å²) < 4.78 is 41.1. The first-order valence-corrected chi connectivity index (χ1v) is 11.8. The number of halogens is 3. The van der Waals surface area contributed by atoms with Crippen molar-refractivity contribution < 1.29 is 27.6 Å². The lowest BCUT2D eigenvalue weighted by Gasteiger charge is -2.30. The van der Waals surface area contributed by atoms with Gasteiger partial charge in [0.2, 0.25) is 17.7 Å². The summed E-state index contributed by atoms with van der Waals surface area (Å²) in [5, 5.41) is 6.05. The van der Waals surface area contributed by atoms with Crippen molar-refractivity contribution in [3.63, 3.8) is 0 Å². The molecule has 0 radical (unpaired) electrons. The molecule has 2 fully saturated rings. The van der Waals surface area contributed by atoms with Crippen LogP contribution in [0.3, 0.4) is 0 Å². The number of para-hydroxylation sites is 2. The van der Waals surface area contributed by atoms with E-state index in [1.807, 2.05) is 6.26 Å². The summed E-state index contributed by atoms with van der Waals surface area (Å²) in [7, 11) is 0. The molecule has 0 unspecified atom stereocenters. The molecule has 2 N–H and O–H groups in total. The van der Waals surface area contributed by atoms with E-state index in [1.165, 1.54) is 12.1 Å². The normalized spacial score (nSPS) is 28.4. The van der Waals surface area contributed by atoms with Crippen molar-refractivity contribution in [3.8, 4) is 0 Å². The molecule has 1 spiro atoms. The van der Waals surface area contributed by atoms with Crippen LogP contribution in [0.15, 0.2) is 48.5 Å². The number of alkyl halides is 3. The van der Waals surface area contributed by atoms with E-state index in [1.54, 1.807) is 36.0 Å². The number of hydrogen-bond donors (Lipinski definition) is 2. The van der Waals surface area contributed by atoms with Gasteiger partial charge in [0, 0.05) is 17.3 Å². The predicted octanol–water partition coefficient (Wildman–Crippen LogP) is 3.38. The zero-order valence-electron chi connectivity index (χ0n) is 17.5. The second kappa shape index (κ2) is 7.59. The molecular weight excluding hydrogens is 455 g/mol. The van der Waals surface area contributed by atoms with Crippen LogP contribution in [0.1, 0.15) is 17.5 Å². The SMILES string of the molecule is CSCC[C@@H]1N[C@]2(C(=O)Nc3ccccc32)[C@H]2C(=O)N(c3ccccc3C(F)(F)F)C(=O)[C@@H]12. The molecule has 33 heavy (non-hydrogen) atoms. The molecule has 3 amide bonds. The van der Waals surface area contributed by atoms with Crippen LogP contribution >= 0.6 is 11.8 Å². The van der Waals surface area contributed by atoms with Gasteiger partial charge < -0.3 is 5.32 Å². The van der Waals surface area contributed by atoms with Gasteiger partial charge in [0.05, 0.1) is 23.1 Å². The number of carbonyl (C=O) groups is 3. The number of rotatable bonds is 4. The van der Waals surface area contributed by atoms with E-state index < -0.39 is 58.6 Å². The van der Waals surface area contributed by atoms with E-state index in [0.29, 0.717) is 28.3 Å². The molecule has 0 aromatic heterocycles. The zero-order chi connectivity index (χ0) is 23.5. The van der Waals surface area contributed by atoms with Crippen molar-refractivity contribution in [2.45, 2.75) is 24.2 Å². The lowest BCUT2D eigenvalue weighted by molar-refractivity contribution is -0.137. The number of hydrogen-bond acceptors (Lipinski definition) is 5. The van der Waals surface area contributed by atoms with Crippen molar-refractivity contribution in [2.75, 3.05) is 22.2 Å². The Labute approximate surface area is 191 Å². The second-order valence-electron chi connectivity index (χ2n) is 8.37. The molecule has 2 aromatic rings. The molecule has 3 heterocycles. The van der Waals surface area contributed by atoms with Crippen LogP contribution in [0.25, 0.3) is 0 Å². The lowest BCUT2D eigenvalue weighted by atomic mass is 9.76. The number of fused-ring (bicyclic) bond motifs is 4. The fraction of sp³-hybridized carbons (Fsp3) is 0.348. The summed E-state index contributed by atoms with van der Waals surface area (Å²) in [5.74, 6) is -3.44. The summed E-state index contributed by atoms with van der Waals surface area (Å²) in [6, 6.07) is 10.9. The summed E-state index contributed by atoms with van der Waals surface area (Å²) in [6.45, 7) is 0. The fourth-order valence-corrected chi connectivity index (χ4v) is 5.89. The molecule has 4 atom stereocenters. The smallest absolute Gasteiger partial charge is 0.324 e. The highest BCUT2D eigenvalue weighted by molar-refractivity contribution is 7.98. The van der Waals surface area contributed by atoms with Crippen LogP contribution in [0.2, 0.25) is 0 Å². The first-order chi connectivity index (χ1) is 15.7. The van der Waals surface area contributed by atoms with E-state index in [-0.39, 0.29) is 0 Å². The topological polar surface area (TPSA) is 78.5 Å². The monoisotopic (exact) mass is 475 g/mol. The van der Waals surface area contributed by atoms with Gasteiger partial charge in [-0.2, -0.15) is 24.9 Å². The van der Waals surface area contributed by atoms with Crippen molar-refractivity contribution in [1.82, 2.24) is 5.32 Å². The van der Waals surface area contributed by atoms with E-state index in [0.717, 1.165) is 12.1 Å². The van der Waals surface area contributed by atoms with Crippen molar-refractivity contribution in [3.05, 3.63) is 59.7 Å². The van der Waals surface area contributed by atoms with E-state index in [2.05, 4.69) is 10.6 Å². The molecule has 2 saturated heterocycles. The Bertz CT molecular complexity index is 1170. The number of anilines is 2. The second-order valence-corrected chi connectivity index (χ2v) is 9.36. The predicted molar refractivity (Wildman–Crippen MR) is 118 cm³/mol. The van der Waals surface area contributed by atoms with Gasteiger partial charge in [-0.3, -0.25) is 19.7 Å². The molecule has 0 aliphatic carbocycles. The number of benzene rings is 2. The minimum absolute atomic E-state index is 0.475. The van der Waals surface area contributed by atoms with Crippen LogP contribution in [0, 0.1) is 11.8 Å². The summed E-state index contributed by atoms with van der Waals surface area (Å²) in [6.07, 6.45) is -2.37. The highest BCUT2D eigenvalue weighted by Gasteiger charge is 2.70. The van der Waals surface area contributed by atoms with Crippen LogP contribution < -0.4 is 15.5 Å². The summed E-state index contributed by atoms with van der Waals surface area (Å²) in [4.78, 5) is 41.2. The first kappa shape index (κ1) is 22.0. The summed E-state index contributed by atoms with van der Waals surface area (Å²) in [5.41, 5.74) is -2.03. The van der Waals surface area contributed by atoms with E-state index in [9.17, 15) is 27.6 Å². The van der Waals surface area contributed by atoms with Crippen LogP contribution in [-0.4, -0.2) is 35.8 Å². The van der Waals surface area contributed by atoms with Gasteiger partial charge in [-0.25, -0.2) is 4.90 Å². The third kappa shape index (κ3) is 3.03. The maximum Gasteiger partial charge on any atom is 0.418 e. The number of imide groups is 1. The van der Waals surface area contributed by atoms with Gasteiger partial charge in [0.15, 0.2) is 0 Å². The van der Waals surface area contributed by atoms with Gasteiger partial charge in [0.25, 0.3) is 0 Å². The number of carbonyl (C=O) groups excluding carboxylic acids is 3. The van der Waals surface area contributed by atoms with Crippen molar-refractivity contribution in [1.29, 1.82) is 0 Å². The highest BCUT2D eigenvalue weighted by Crippen LogP contribution is 2.54. The molecular formula is C23H20F3N3O3S. The average molecular weight is 475 g/mol. The summed E-state index contributed by atoms with van der Waals surface area (Å²) >= 11 is 1.55. The van der Waals surface area contributed by atoms with E-state index >= 15 is 0 Å². The molecule has 6 nitrogen and oxygen atoms in total. The molecule has 10 heteroatoms. The number of nitrogens with one attached hydrogen (secondary N) is 2. The molecule has 0 bridgehead atoms. The maximum atomic E-state index is 13.7. The number of amides is 3. The Morgan fingerprint density at radius 2 is 1.73 bits per heavy atom. The Morgan fingerprint density at radius 3 is 2.45 bits per heavy atom. The Balaban J connectivity index is 1.67. The molecule has 0 saturated carbocycles. The van der Waals surface area contributed by atoms with Gasteiger partial charge >= 0.3 is 6.18 Å². The van der Waals surface area contributed by atoms with E-state index in [4.69, 9.17) is 0 Å². The Kier molecular flexibility index (Phi) is 5.06. The lowest BCUT2D eigenvalue weighted by Crippen LogP contribution is -2.53. The Hall–Kier alpha value is -2.85. The van der Waals surface area contributed by atoms with Crippen LogP contribution in [0.5, 0.6) is 0 Å². The zero-order valence-corrected chi connectivity index (χ0v) is 18.3.